The standard InChI is InChI=1S/C21H32N4O.HI/c1-22-21(24-20-13-19(20)17-5-3-2-4-6-17)23-18-7-10-25(11-8-18)14-16-9-12-26-15-16;/h2-6,16,18-20H,7-15H2,1H3,(H2,22,23,24);1H. The lowest BCUT2D eigenvalue weighted by Gasteiger charge is -2.34. The minimum Gasteiger partial charge on any atom is -0.381 e. The number of nitrogens with zero attached hydrogens (tertiary/aromatic N) is 2. The second-order valence-electron chi connectivity index (χ2n) is 8.02. The van der Waals surface area contributed by atoms with Crippen LogP contribution in [0.5, 0.6) is 0 Å². The van der Waals surface area contributed by atoms with E-state index in [9.17, 15) is 0 Å². The Kier molecular flexibility index (Phi) is 7.78. The van der Waals surface area contributed by atoms with Crippen molar-refractivity contribution in [3.05, 3.63) is 35.9 Å². The first-order valence-corrected chi connectivity index (χ1v) is 10.2. The smallest absolute Gasteiger partial charge is 0.191 e. The molecule has 150 valence electrons. The molecule has 0 aromatic heterocycles. The van der Waals surface area contributed by atoms with Crippen molar-refractivity contribution in [3.63, 3.8) is 0 Å². The summed E-state index contributed by atoms with van der Waals surface area (Å²) in [6, 6.07) is 11.9. The van der Waals surface area contributed by atoms with Crippen molar-refractivity contribution in [1.82, 2.24) is 15.5 Å². The minimum atomic E-state index is 0. The van der Waals surface area contributed by atoms with Gasteiger partial charge in [0.1, 0.15) is 0 Å². The van der Waals surface area contributed by atoms with Crippen LogP contribution in [0.2, 0.25) is 0 Å². The van der Waals surface area contributed by atoms with Crippen molar-refractivity contribution in [2.75, 3.05) is 39.9 Å². The van der Waals surface area contributed by atoms with Crippen LogP contribution >= 0.6 is 24.0 Å². The van der Waals surface area contributed by atoms with Gasteiger partial charge in [0.15, 0.2) is 5.96 Å². The van der Waals surface area contributed by atoms with Crippen LogP contribution in [0.1, 0.15) is 37.2 Å². The predicted octanol–water partition coefficient (Wildman–Crippen LogP) is 2.83. The molecule has 6 heteroatoms. The number of likely N-dealkylation sites (tertiary alicyclic amines) is 1. The van der Waals surface area contributed by atoms with Crippen LogP contribution in [0.4, 0.5) is 0 Å². The Morgan fingerprint density at radius 3 is 2.59 bits per heavy atom. The Morgan fingerprint density at radius 1 is 1.15 bits per heavy atom. The zero-order valence-electron chi connectivity index (χ0n) is 16.3. The third-order valence-corrected chi connectivity index (χ3v) is 6.03. The maximum atomic E-state index is 5.51. The molecule has 1 aromatic carbocycles. The Balaban J connectivity index is 0.00000210. The van der Waals surface area contributed by atoms with Crippen molar-refractivity contribution < 1.29 is 4.74 Å². The van der Waals surface area contributed by atoms with Gasteiger partial charge in [-0.05, 0) is 37.2 Å². The number of piperidine rings is 1. The molecule has 3 fully saturated rings. The number of guanidine groups is 1. The highest BCUT2D eigenvalue weighted by Crippen LogP contribution is 2.40. The lowest BCUT2D eigenvalue weighted by molar-refractivity contribution is 0.150. The number of aliphatic imine (C=N–C) groups is 1. The first kappa shape index (κ1) is 20.9. The van der Waals surface area contributed by atoms with E-state index in [-0.39, 0.29) is 24.0 Å². The van der Waals surface area contributed by atoms with E-state index in [4.69, 9.17) is 4.74 Å². The molecular formula is C21H33IN4O. The Bertz CT molecular complexity index is 597. The fourth-order valence-corrected chi connectivity index (χ4v) is 4.32. The topological polar surface area (TPSA) is 48.9 Å². The zero-order valence-corrected chi connectivity index (χ0v) is 18.6. The van der Waals surface area contributed by atoms with Gasteiger partial charge in [-0.1, -0.05) is 30.3 Å². The molecule has 3 atom stereocenters. The Hall–Kier alpha value is -0.860. The van der Waals surface area contributed by atoms with Gasteiger partial charge in [-0.3, -0.25) is 4.99 Å². The van der Waals surface area contributed by atoms with Crippen LogP contribution in [0.15, 0.2) is 35.3 Å². The monoisotopic (exact) mass is 484 g/mol. The summed E-state index contributed by atoms with van der Waals surface area (Å²) < 4.78 is 5.51. The lowest BCUT2D eigenvalue weighted by atomic mass is 10.0. The van der Waals surface area contributed by atoms with Crippen LogP contribution in [0.25, 0.3) is 0 Å². The van der Waals surface area contributed by atoms with Crippen LogP contribution in [0.3, 0.4) is 0 Å². The first-order chi connectivity index (χ1) is 12.8. The Morgan fingerprint density at radius 2 is 1.93 bits per heavy atom. The summed E-state index contributed by atoms with van der Waals surface area (Å²) in [6.07, 6.45) is 4.83. The zero-order chi connectivity index (χ0) is 17.8. The van der Waals surface area contributed by atoms with Crippen LogP contribution in [-0.4, -0.2) is 62.8 Å². The van der Waals surface area contributed by atoms with Gasteiger partial charge in [0.25, 0.3) is 0 Å². The fraction of sp³-hybridized carbons (Fsp3) is 0.667. The van der Waals surface area contributed by atoms with E-state index in [1.807, 2.05) is 7.05 Å². The molecule has 3 unspecified atom stereocenters. The highest BCUT2D eigenvalue weighted by Gasteiger charge is 2.39. The molecule has 27 heavy (non-hydrogen) atoms. The van der Waals surface area contributed by atoms with Gasteiger partial charge in [-0.2, -0.15) is 0 Å². The molecule has 0 radical (unpaired) electrons. The molecule has 3 aliphatic rings. The molecule has 2 heterocycles. The Labute approximate surface area is 180 Å². The largest absolute Gasteiger partial charge is 0.381 e. The number of hydrogen-bond donors (Lipinski definition) is 2. The van der Waals surface area contributed by atoms with Gasteiger partial charge in [0.2, 0.25) is 0 Å². The van der Waals surface area contributed by atoms with Gasteiger partial charge < -0.3 is 20.3 Å². The molecule has 2 saturated heterocycles. The summed E-state index contributed by atoms with van der Waals surface area (Å²) in [4.78, 5) is 7.07. The molecule has 1 saturated carbocycles. The number of nitrogens with one attached hydrogen (secondary N) is 2. The second-order valence-corrected chi connectivity index (χ2v) is 8.02. The first-order valence-electron chi connectivity index (χ1n) is 10.2. The van der Waals surface area contributed by atoms with E-state index in [1.165, 1.54) is 50.9 Å². The summed E-state index contributed by atoms with van der Waals surface area (Å²) in [5.74, 6) is 2.35. The molecular weight excluding hydrogens is 451 g/mol. The number of halogens is 1. The van der Waals surface area contributed by atoms with Crippen molar-refractivity contribution in [2.45, 2.75) is 43.7 Å². The van der Waals surface area contributed by atoms with E-state index in [2.05, 4.69) is 50.9 Å². The summed E-state index contributed by atoms with van der Waals surface area (Å²) in [7, 11) is 1.88. The summed E-state index contributed by atoms with van der Waals surface area (Å²) >= 11 is 0. The van der Waals surface area contributed by atoms with Crippen molar-refractivity contribution in [1.29, 1.82) is 0 Å². The lowest BCUT2D eigenvalue weighted by Crippen LogP contribution is -2.49. The molecule has 2 N–H and O–H groups in total. The van der Waals surface area contributed by atoms with Gasteiger partial charge in [-0.15, -0.1) is 24.0 Å². The molecule has 0 spiro atoms. The van der Waals surface area contributed by atoms with E-state index in [0.717, 1.165) is 25.1 Å². The van der Waals surface area contributed by atoms with Crippen LogP contribution in [-0.2, 0) is 4.74 Å². The molecule has 5 nitrogen and oxygen atoms in total. The molecule has 1 aromatic rings. The summed E-state index contributed by atoms with van der Waals surface area (Å²) in [5, 5.41) is 7.27. The highest BCUT2D eigenvalue weighted by atomic mass is 127. The van der Waals surface area contributed by atoms with E-state index in [1.54, 1.807) is 0 Å². The average Bonchev–Trinajstić information content (AvgIpc) is 3.26. The highest BCUT2D eigenvalue weighted by molar-refractivity contribution is 14.0. The molecule has 2 aliphatic heterocycles. The summed E-state index contributed by atoms with van der Waals surface area (Å²) in [5.41, 5.74) is 1.43. The van der Waals surface area contributed by atoms with Crippen molar-refractivity contribution in [3.8, 4) is 0 Å². The van der Waals surface area contributed by atoms with E-state index >= 15 is 0 Å². The molecule has 0 amide bonds. The normalized spacial score (nSPS) is 29.2. The molecule has 4 rings (SSSR count). The third-order valence-electron chi connectivity index (χ3n) is 6.03. The maximum absolute atomic E-state index is 5.51. The average molecular weight is 484 g/mol. The van der Waals surface area contributed by atoms with Crippen LogP contribution in [0, 0.1) is 5.92 Å². The number of ether oxygens (including phenoxy) is 1. The quantitative estimate of drug-likeness (QED) is 0.384. The van der Waals surface area contributed by atoms with Gasteiger partial charge >= 0.3 is 0 Å². The van der Waals surface area contributed by atoms with E-state index < -0.39 is 0 Å². The fourth-order valence-electron chi connectivity index (χ4n) is 4.32. The minimum absolute atomic E-state index is 0. The number of hydrogen-bond acceptors (Lipinski definition) is 3. The van der Waals surface area contributed by atoms with Gasteiger partial charge in [0, 0.05) is 51.3 Å². The predicted molar refractivity (Wildman–Crippen MR) is 121 cm³/mol. The van der Waals surface area contributed by atoms with Crippen LogP contribution < -0.4 is 10.6 Å². The SMILES string of the molecule is CN=C(NC1CCN(CC2CCOC2)CC1)NC1CC1c1ccccc1.I. The molecule has 1 aliphatic carbocycles. The molecule has 0 bridgehead atoms. The van der Waals surface area contributed by atoms with Crippen molar-refractivity contribution in [2.24, 2.45) is 10.9 Å². The van der Waals surface area contributed by atoms with Crippen molar-refractivity contribution >= 4 is 29.9 Å². The van der Waals surface area contributed by atoms with Gasteiger partial charge in [0.05, 0.1) is 6.61 Å². The number of rotatable bonds is 5. The number of benzene rings is 1. The second kappa shape index (κ2) is 10.1. The third kappa shape index (κ3) is 5.81. The van der Waals surface area contributed by atoms with E-state index in [0.29, 0.717) is 18.0 Å². The maximum Gasteiger partial charge on any atom is 0.191 e. The summed E-state index contributed by atoms with van der Waals surface area (Å²) in [6.45, 7) is 5.48. The van der Waals surface area contributed by atoms with Gasteiger partial charge in [-0.25, -0.2) is 0 Å².